The highest BCUT2D eigenvalue weighted by Gasteiger charge is 2.20. The summed E-state index contributed by atoms with van der Waals surface area (Å²) in [5.41, 5.74) is 4.78. The van der Waals surface area contributed by atoms with Crippen molar-refractivity contribution < 1.29 is 0 Å². The van der Waals surface area contributed by atoms with E-state index in [0.29, 0.717) is 0 Å². The average molecular weight is 204 g/mol. The molecule has 0 N–H and O–H groups in total. The molecule has 0 nitrogen and oxygen atoms in total. The molecule has 1 aromatic carbocycles. The van der Waals surface area contributed by atoms with Gasteiger partial charge in [0.2, 0.25) is 0 Å². The minimum atomic E-state index is 0.241. The summed E-state index contributed by atoms with van der Waals surface area (Å²) in [6, 6.07) is 6.88. The number of hydrogen-bond acceptors (Lipinski definition) is 0. The first kappa shape index (κ1) is 12.3. The second kappa shape index (κ2) is 3.66. The minimum Gasteiger partial charge on any atom is -0.0587 e. The van der Waals surface area contributed by atoms with Crippen molar-refractivity contribution in [1.82, 2.24) is 0 Å². The second-order valence-electron chi connectivity index (χ2n) is 6.53. The maximum Gasteiger partial charge on any atom is -0.0129 e. The van der Waals surface area contributed by atoms with Crippen LogP contribution in [0, 0.1) is 6.92 Å². The van der Waals surface area contributed by atoms with Crippen LogP contribution in [0.25, 0.3) is 0 Å². The highest BCUT2D eigenvalue weighted by Crippen LogP contribution is 2.30. The molecule has 0 bridgehead atoms. The van der Waals surface area contributed by atoms with Crippen molar-refractivity contribution in [2.24, 2.45) is 0 Å². The third kappa shape index (κ3) is 2.84. The Kier molecular flexibility index (Phi) is 3.00. The van der Waals surface area contributed by atoms with Gasteiger partial charge in [-0.1, -0.05) is 59.7 Å². The van der Waals surface area contributed by atoms with E-state index in [1.165, 1.54) is 16.7 Å². The van der Waals surface area contributed by atoms with Crippen LogP contribution >= 0.6 is 0 Å². The number of aryl methyl sites for hydroxylation is 1. The molecule has 0 aliphatic rings. The monoisotopic (exact) mass is 204 g/mol. The molecule has 1 rings (SSSR count). The Labute approximate surface area is 94.7 Å². The SMILES string of the molecule is Cc1ccc(C(C)(C)C)cc1C(C)(C)C. The average Bonchev–Trinajstić information content (AvgIpc) is 2.00. The standard InChI is InChI=1S/C15H24/c1-11-8-9-12(14(2,3)4)10-13(11)15(5,6)7/h8-10H,1-7H3. The summed E-state index contributed by atoms with van der Waals surface area (Å²) >= 11 is 0. The van der Waals surface area contributed by atoms with Gasteiger partial charge in [0.15, 0.2) is 0 Å². The lowest BCUT2D eigenvalue weighted by Gasteiger charge is -2.26. The van der Waals surface area contributed by atoms with Gasteiger partial charge in [0.1, 0.15) is 0 Å². The predicted octanol–water partition coefficient (Wildman–Crippen LogP) is 4.59. The zero-order chi connectivity index (χ0) is 11.9. The van der Waals surface area contributed by atoms with Crippen molar-refractivity contribution >= 4 is 0 Å². The van der Waals surface area contributed by atoms with Gasteiger partial charge >= 0.3 is 0 Å². The topological polar surface area (TPSA) is 0 Å². The van der Waals surface area contributed by atoms with Crippen molar-refractivity contribution in [1.29, 1.82) is 0 Å². The van der Waals surface area contributed by atoms with Gasteiger partial charge in [-0.05, 0) is 34.4 Å². The molecule has 0 aliphatic carbocycles. The van der Waals surface area contributed by atoms with Gasteiger partial charge in [-0.25, -0.2) is 0 Å². The molecule has 0 heteroatoms. The molecule has 0 amide bonds. The molecular weight excluding hydrogens is 180 g/mol. The van der Waals surface area contributed by atoms with E-state index in [1.54, 1.807) is 0 Å². The number of hydrogen-bond donors (Lipinski definition) is 0. The van der Waals surface area contributed by atoms with E-state index in [1.807, 2.05) is 0 Å². The first-order valence-electron chi connectivity index (χ1n) is 5.74. The Balaban J connectivity index is 3.30. The first-order valence-corrected chi connectivity index (χ1v) is 5.74. The van der Waals surface area contributed by atoms with E-state index in [-0.39, 0.29) is 10.8 Å². The molecule has 0 radical (unpaired) electrons. The van der Waals surface area contributed by atoms with E-state index in [4.69, 9.17) is 0 Å². The molecule has 0 saturated carbocycles. The Bertz CT molecular complexity index is 345. The zero-order valence-electron chi connectivity index (χ0n) is 11.2. The van der Waals surface area contributed by atoms with E-state index >= 15 is 0 Å². The molecule has 0 unspecified atom stereocenters. The van der Waals surface area contributed by atoms with Crippen LogP contribution in [0.5, 0.6) is 0 Å². The lowest BCUT2D eigenvalue weighted by molar-refractivity contribution is 0.566. The fraction of sp³-hybridized carbons (Fsp3) is 0.600. The van der Waals surface area contributed by atoms with Crippen LogP contribution in [-0.4, -0.2) is 0 Å². The van der Waals surface area contributed by atoms with Gasteiger partial charge in [0.25, 0.3) is 0 Å². The third-order valence-electron chi connectivity index (χ3n) is 2.91. The smallest absolute Gasteiger partial charge is 0.0129 e. The summed E-state index contributed by atoms with van der Waals surface area (Å²) in [5, 5.41) is 0. The summed E-state index contributed by atoms with van der Waals surface area (Å²) in [7, 11) is 0. The summed E-state index contributed by atoms with van der Waals surface area (Å²) in [6.45, 7) is 15.8. The molecule has 15 heavy (non-hydrogen) atoms. The van der Waals surface area contributed by atoms with E-state index < -0.39 is 0 Å². The molecule has 1 aromatic rings. The van der Waals surface area contributed by atoms with Gasteiger partial charge < -0.3 is 0 Å². The van der Waals surface area contributed by atoms with Gasteiger partial charge in [-0.2, -0.15) is 0 Å². The molecule has 0 aromatic heterocycles. The molecule has 0 spiro atoms. The largest absolute Gasteiger partial charge is 0.0587 e. The quantitative estimate of drug-likeness (QED) is 0.580. The van der Waals surface area contributed by atoms with E-state index in [9.17, 15) is 0 Å². The summed E-state index contributed by atoms with van der Waals surface area (Å²) in [4.78, 5) is 0. The van der Waals surface area contributed by atoms with E-state index in [0.717, 1.165) is 0 Å². The molecular formula is C15H24. The first-order chi connectivity index (χ1) is 6.62. The van der Waals surface area contributed by atoms with Crippen molar-refractivity contribution in [3.63, 3.8) is 0 Å². The van der Waals surface area contributed by atoms with Crippen molar-refractivity contribution in [2.75, 3.05) is 0 Å². The van der Waals surface area contributed by atoms with Crippen LogP contribution < -0.4 is 0 Å². The third-order valence-corrected chi connectivity index (χ3v) is 2.91. The van der Waals surface area contributed by atoms with Gasteiger partial charge in [-0.15, -0.1) is 0 Å². The molecule has 84 valence electrons. The summed E-state index contributed by atoms with van der Waals surface area (Å²) in [6.07, 6.45) is 0. The Hall–Kier alpha value is -0.780. The van der Waals surface area contributed by atoms with Crippen LogP contribution in [0.4, 0.5) is 0 Å². The maximum atomic E-state index is 2.37. The highest BCUT2D eigenvalue weighted by atomic mass is 14.2. The Morgan fingerprint density at radius 2 is 1.33 bits per heavy atom. The molecule has 0 atom stereocenters. The van der Waals surface area contributed by atoms with Crippen molar-refractivity contribution in [3.05, 3.63) is 34.9 Å². The van der Waals surface area contributed by atoms with Crippen LogP contribution in [-0.2, 0) is 10.8 Å². The highest BCUT2D eigenvalue weighted by molar-refractivity contribution is 5.38. The fourth-order valence-electron chi connectivity index (χ4n) is 1.90. The maximum absolute atomic E-state index is 2.37. The van der Waals surface area contributed by atoms with Crippen LogP contribution in [0.3, 0.4) is 0 Å². The van der Waals surface area contributed by atoms with E-state index in [2.05, 4.69) is 66.7 Å². The number of benzene rings is 1. The van der Waals surface area contributed by atoms with Crippen LogP contribution in [0.1, 0.15) is 58.2 Å². The van der Waals surface area contributed by atoms with Crippen molar-refractivity contribution in [3.8, 4) is 0 Å². The fourth-order valence-corrected chi connectivity index (χ4v) is 1.90. The zero-order valence-corrected chi connectivity index (χ0v) is 11.2. The molecule has 0 aliphatic heterocycles. The molecule has 0 fully saturated rings. The lowest BCUT2D eigenvalue weighted by atomic mass is 9.79. The van der Waals surface area contributed by atoms with Gasteiger partial charge in [0, 0.05) is 0 Å². The van der Waals surface area contributed by atoms with Crippen molar-refractivity contribution in [2.45, 2.75) is 59.3 Å². The van der Waals surface area contributed by atoms with Gasteiger partial charge in [0.05, 0.1) is 0 Å². The second-order valence-corrected chi connectivity index (χ2v) is 6.53. The lowest BCUT2D eigenvalue weighted by Crippen LogP contribution is -2.17. The molecule has 0 heterocycles. The Morgan fingerprint density at radius 3 is 1.73 bits per heavy atom. The van der Waals surface area contributed by atoms with Crippen LogP contribution in [0.15, 0.2) is 18.2 Å². The molecule has 0 saturated heterocycles. The van der Waals surface area contributed by atoms with Gasteiger partial charge in [-0.3, -0.25) is 0 Å². The normalized spacial score (nSPS) is 13.0. The number of rotatable bonds is 0. The summed E-state index contributed by atoms with van der Waals surface area (Å²) in [5.74, 6) is 0. The van der Waals surface area contributed by atoms with Crippen LogP contribution in [0.2, 0.25) is 0 Å². The summed E-state index contributed by atoms with van der Waals surface area (Å²) < 4.78 is 0. The minimum absolute atomic E-state index is 0.241. The Morgan fingerprint density at radius 1 is 0.800 bits per heavy atom. The predicted molar refractivity (Wildman–Crippen MR) is 68.6 cm³/mol.